The minimum Gasteiger partial charge on any atom is -0.353 e. The van der Waals surface area contributed by atoms with E-state index in [9.17, 15) is 4.79 Å². The van der Waals surface area contributed by atoms with Gasteiger partial charge in [-0.3, -0.25) is 9.69 Å². The number of nitrogens with zero attached hydrogens (tertiary/aromatic N) is 5. The lowest BCUT2D eigenvalue weighted by atomic mass is 10.2. The highest BCUT2D eigenvalue weighted by molar-refractivity contribution is 6.33. The van der Waals surface area contributed by atoms with E-state index in [-0.39, 0.29) is 5.91 Å². The van der Waals surface area contributed by atoms with E-state index >= 15 is 0 Å². The van der Waals surface area contributed by atoms with E-state index < -0.39 is 0 Å². The second-order valence-corrected chi connectivity index (χ2v) is 7.73. The molecule has 1 amide bonds. The number of hydrogen-bond acceptors (Lipinski definition) is 5. The lowest BCUT2D eigenvalue weighted by molar-refractivity contribution is -0.132. The molecule has 1 aromatic carbocycles. The van der Waals surface area contributed by atoms with Gasteiger partial charge in [-0.15, -0.1) is 0 Å². The molecule has 7 nitrogen and oxygen atoms in total. The van der Waals surface area contributed by atoms with E-state index in [1.54, 1.807) is 6.20 Å². The number of imidazole rings is 1. The van der Waals surface area contributed by atoms with Gasteiger partial charge in [-0.05, 0) is 31.8 Å². The minimum absolute atomic E-state index is 0.182. The van der Waals surface area contributed by atoms with Gasteiger partial charge in [0.1, 0.15) is 11.6 Å². The van der Waals surface area contributed by atoms with Gasteiger partial charge in [0, 0.05) is 37.9 Å². The number of anilines is 1. The lowest BCUT2D eigenvalue weighted by Crippen LogP contribution is -2.51. The van der Waals surface area contributed by atoms with Gasteiger partial charge in [0.2, 0.25) is 5.91 Å². The maximum Gasteiger partial charge on any atom is 0.236 e. The SMILES string of the molecule is CCN(C)CC(=O)N1CCN(c2cc(-c3nc4ccccc4[nH]3)c(Cl)cn2)CC1. The molecule has 2 aromatic heterocycles. The largest absolute Gasteiger partial charge is 0.353 e. The van der Waals surface area contributed by atoms with E-state index in [4.69, 9.17) is 11.6 Å². The van der Waals surface area contributed by atoms with E-state index in [0.717, 1.165) is 47.9 Å². The first-order valence-electron chi connectivity index (χ1n) is 9.87. The predicted octanol–water partition coefficient (Wildman–Crippen LogP) is 2.88. The van der Waals surface area contributed by atoms with E-state index in [0.29, 0.717) is 24.7 Å². The Balaban J connectivity index is 1.49. The number of likely N-dealkylation sites (N-methyl/N-ethyl adjacent to an activating group) is 1. The van der Waals surface area contributed by atoms with Crippen molar-refractivity contribution in [2.45, 2.75) is 6.92 Å². The fourth-order valence-corrected chi connectivity index (χ4v) is 3.68. The van der Waals surface area contributed by atoms with Crippen LogP contribution in [0.3, 0.4) is 0 Å². The molecule has 0 aliphatic carbocycles. The molecule has 1 aliphatic heterocycles. The number of amides is 1. The molecular weight excluding hydrogens is 388 g/mol. The Morgan fingerprint density at radius 1 is 1.24 bits per heavy atom. The molecule has 0 radical (unpaired) electrons. The summed E-state index contributed by atoms with van der Waals surface area (Å²) in [7, 11) is 1.96. The molecular formula is C21H25ClN6O. The quantitative estimate of drug-likeness (QED) is 0.697. The number of aromatic amines is 1. The van der Waals surface area contributed by atoms with Gasteiger partial charge in [0.05, 0.1) is 22.6 Å². The summed E-state index contributed by atoms with van der Waals surface area (Å²) in [6.45, 7) is 6.26. The number of aromatic nitrogens is 3. The van der Waals surface area contributed by atoms with Crippen LogP contribution < -0.4 is 4.90 Å². The van der Waals surface area contributed by atoms with Crippen LogP contribution in [-0.4, -0.2) is 77.0 Å². The van der Waals surface area contributed by atoms with Crippen LogP contribution in [0.25, 0.3) is 22.4 Å². The molecule has 1 N–H and O–H groups in total. The molecule has 29 heavy (non-hydrogen) atoms. The van der Waals surface area contributed by atoms with Gasteiger partial charge >= 0.3 is 0 Å². The molecule has 0 unspecified atom stereocenters. The smallest absolute Gasteiger partial charge is 0.236 e. The summed E-state index contributed by atoms with van der Waals surface area (Å²) < 4.78 is 0. The van der Waals surface area contributed by atoms with Crippen molar-refractivity contribution in [1.82, 2.24) is 24.8 Å². The molecule has 1 aliphatic rings. The molecule has 3 heterocycles. The third-order valence-electron chi connectivity index (χ3n) is 5.39. The average molecular weight is 413 g/mol. The number of pyridine rings is 1. The number of para-hydroxylation sites is 2. The third kappa shape index (κ3) is 4.21. The van der Waals surface area contributed by atoms with Crippen molar-refractivity contribution in [1.29, 1.82) is 0 Å². The van der Waals surface area contributed by atoms with Crippen LogP contribution in [0.4, 0.5) is 5.82 Å². The van der Waals surface area contributed by atoms with Gasteiger partial charge in [0.15, 0.2) is 0 Å². The van der Waals surface area contributed by atoms with Crippen molar-refractivity contribution in [2.24, 2.45) is 0 Å². The van der Waals surface area contributed by atoms with Gasteiger partial charge in [-0.2, -0.15) is 0 Å². The van der Waals surface area contributed by atoms with Gasteiger partial charge in [-0.1, -0.05) is 30.7 Å². The first-order valence-corrected chi connectivity index (χ1v) is 10.2. The third-order valence-corrected chi connectivity index (χ3v) is 5.69. The first kappa shape index (κ1) is 19.7. The summed E-state index contributed by atoms with van der Waals surface area (Å²) in [5.74, 6) is 1.76. The standard InChI is InChI=1S/C21H25ClN6O/c1-3-26(2)14-20(29)28-10-8-27(9-11-28)19-12-15(16(22)13-23-19)21-24-17-6-4-5-7-18(17)25-21/h4-7,12-13H,3,8-11,14H2,1-2H3,(H,24,25). The number of fused-ring (bicyclic) bond motifs is 1. The van der Waals surface area contributed by atoms with Crippen LogP contribution in [0.5, 0.6) is 0 Å². The fourth-order valence-electron chi connectivity index (χ4n) is 3.49. The highest BCUT2D eigenvalue weighted by atomic mass is 35.5. The zero-order valence-electron chi connectivity index (χ0n) is 16.7. The van der Waals surface area contributed by atoms with Crippen molar-refractivity contribution >= 4 is 34.4 Å². The lowest BCUT2D eigenvalue weighted by Gasteiger charge is -2.36. The summed E-state index contributed by atoms with van der Waals surface area (Å²) in [5, 5.41) is 0.559. The molecule has 1 fully saturated rings. The number of hydrogen-bond donors (Lipinski definition) is 1. The number of halogens is 1. The van der Waals surface area contributed by atoms with Gasteiger partial charge in [0.25, 0.3) is 0 Å². The Labute approximate surface area is 175 Å². The summed E-state index contributed by atoms with van der Waals surface area (Å²) in [5.41, 5.74) is 2.71. The Morgan fingerprint density at radius 3 is 2.72 bits per heavy atom. The minimum atomic E-state index is 0.182. The molecule has 0 saturated carbocycles. The summed E-state index contributed by atoms with van der Waals surface area (Å²) >= 11 is 6.43. The second-order valence-electron chi connectivity index (χ2n) is 7.32. The van der Waals surface area contributed by atoms with Crippen LogP contribution >= 0.6 is 11.6 Å². The Kier molecular flexibility index (Phi) is 5.69. The Morgan fingerprint density at radius 2 is 2.00 bits per heavy atom. The second kappa shape index (κ2) is 8.39. The summed E-state index contributed by atoms with van der Waals surface area (Å²) in [4.78, 5) is 31.0. The van der Waals surface area contributed by atoms with Crippen molar-refractivity contribution < 1.29 is 4.79 Å². The zero-order chi connectivity index (χ0) is 20.4. The maximum atomic E-state index is 12.4. The number of nitrogens with one attached hydrogen (secondary N) is 1. The van der Waals surface area contributed by atoms with Crippen LogP contribution in [-0.2, 0) is 4.79 Å². The molecule has 3 aromatic rings. The number of piperazine rings is 1. The van der Waals surface area contributed by atoms with Crippen molar-refractivity contribution in [2.75, 3.05) is 51.2 Å². The molecule has 4 rings (SSSR count). The molecule has 8 heteroatoms. The van der Waals surface area contributed by atoms with Crippen molar-refractivity contribution in [3.63, 3.8) is 0 Å². The Bertz CT molecular complexity index is 978. The van der Waals surface area contributed by atoms with Crippen LogP contribution in [0.1, 0.15) is 6.92 Å². The topological polar surface area (TPSA) is 68.4 Å². The number of carbonyl (C=O) groups is 1. The monoisotopic (exact) mass is 412 g/mol. The average Bonchev–Trinajstić information content (AvgIpc) is 3.18. The fraction of sp³-hybridized carbons (Fsp3) is 0.381. The number of benzene rings is 1. The van der Waals surface area contributed by atoms with Crippen LogP contribution in [0, 0.1) is 0 Å². The molecule has 1 saturated heterocycles. The normalized spacial score (nSPS) is 14.8. The highest BCUT2D eigenvalue weighted by Gasteiger charge is 2.23. The zero-order valence-corrected chi connectivity index (χ0v) is 17.5. The number of H-pyrrole nitrogens is 1. The van der Waals surface area contributed by atoms with E-state index in [1.807, 2.05) is 47.2 Å². The maximum absolute atomic E-state index is 12.4. The highest BCUT2D eigenvalue weighted by Crippen LogP contribution is 2.30. The van der Waals surface area contributed by atoms with E-state index in [2.05, 4.69) is 26.8 Å². The van der Waals surface area contributed by atoms with Crippen LogP contribution in [0.15, 0.2) is 36.5 Å². The van der Waals surface area contributed by atoms with Gasteiger partial charge < -0.3 is 14.8 Å². The first-order chi connectivity index (χ1) is 14.0. The van der Waals surface area contributed by atoms with Crippen LogP contribution in [0.2, 0.25) is 5.02 Å². The predicted molar refractivity (Wildman–Crippen MR) is 116 cm³/mol. The van der Waals surface area contributed by atoms with Crippen molar-refractivity contribution in [3.8, 4) is 11.4 Å². The summed E-state index contributed by atoms with van der Waals surface area (Å²) in [6, 6.07) is 9.88. The van der Waals surface area contributed by atoms with Crippen molar-refractivity contribution in [3.05, 3.63) is 41.6 Å². The Hall–Kier alpha value is -2.64. The van der Waals surface area contributed by atoms with Gasteiger partial charge in [-0.25, -0.2) is 9.97 Å². The van der Waals surface area contributed by atoms with E-state index in [1.165, 1.54) is 0 Å². The number of rotatable bonds is 5. The molecule has 0 atom stereocenters. The number of carbonyl (C=O) groups excluding carboxylic acids is 1. The molecule has 152 valence electrons. The molecule has 0 bridgehead atoms. The molecule has 0 spiro atoms. The summed E-state index contributed by atoms with van der Waals surface area (Å²) in [6.07, 6.45) is 1.67.